The van der Waals surface area contributed by atoms with Crippen LogP contribution >= 0.6 is 0 Å². The van der Waals surface area contributed by atoms with Crippen LogP contribution in [0.15, 0.2) is 12.1 Å². The molecule has 13 heavy (non-hydrogen) atoms. The molecule has 1 heterocycles. The summed E-state index contributed by atoms with van der Waals surface area (Å²) in [4.78, 5) is 14.8. The molecule has 5 heteroatoms. The number of nitrogens with one attached hydrogen (secondary N) is 1. The van der Waals surface area contributed by atoms with Gasteiger partial charge in [0.15, 0.2) is 11.6 Å². The van der Waals surface area contributed by atoms with Gasteiger partial charge in [-0.05, 0) is 19.1 Å². The van der Waals surface area contributed by atoms with Gasteiger partial charge in [0, 0.05) is 5.69 Å². The molecule has 0 spiro atoms. The van der Waals surface area contributed by atoms with Crippen LogP contribution in [0.25, 0.3) is 0 Å². The molecule has 0 radical (unpaired) electrons. The summed E-state index contributed by atoms with van der Waals surface area (Å²) in [6.07, 6.45) is 0. The third-order valence-corrected chi connectivity index (χ3v) is 1.46. The standard InChI is InChI=1S/C8H11N3O2/c1-5-2-3-6(12)8(10-5)11-7(13)4-9/h2-3,12H,4,9H2,1H3,(H,10,11,13). The molecule has 1 aromatic rings. The van der Waals surface area contributed by atoms with Crippen LogP contribution in [0.4, 0.5) is 5.82 Å². The van der Waals surface area contributed by atoms with Gasteiger partial charge >= 0.3 is 0 Å². The van der Waals surface area contributed by atoms with Crippen molar-refractivity contribution in [2.45, 2.75) is 6.92 Å². The Labute approximate surface area is 75.6 Å². The van der Waals surface area contributed by atoms with Gasteiger partial charge in [0.2, 0.25) is 5.91 Å². The highest BCUT2D eigenvalue weighted by Gasteiger charge is 2.05. The number of hydrogen-bond acceptors (Lipinski definition) is 4. The number of carbonyl (C=O) groups excluding carboxylic acids is 1. The molecule has 0 aliphatic carbocycles. The first-order valence-corrected chi connectivity index (χ1v) is 3.80. The molecule has 0 atom stereocenters. The fraction of sp³-hybridized carbons (Fsp3) is 0.250. The predicted molar refractivity (Wildman–Crippen MR) is 48.3 cm³/mol. The van der Waals surface area contributed by atoms with Crippen molar-refractivity contribution in [3.63, 3.8) is 0 Å². The highest BCUT2D eigenvalue weighted by molar-refractivity contribution is 5.92. The average molecular weight is 181 g/mol. The molecule has 4 N–H and O–H groups in total. The van der Waals surface area contributed by atoms with E-state index in [2.05, 4.69) is 10.3 Å². The van der Waals surface area contributed by atoms with Gasteiger partial charge in [0.25, 0.3) is 0 Å². The SMILES string of the molecule is Cc1ccc(O)c(NC(=O)CN)n1. The maximum atomic E-state index is 10.9. The van der Waals surface area contributed by atoms with Gasteiger partial charge in [-0.1, -0.05) is 0 Å². The minimum Gasteiger partial charge on any atom is -0.504 e. The molecule has 0 bridgehead atoms. The van der Waals surface area contributed by atoms with E-state index in [9.17, 15) is 9.90 Å². The first kappa shape index (κ1) is 9.47. The van der Waals surface area contributed by atoms with Crippen LogP contribution < -0.4 is 11.1 Å². The smallest absolute Gasteiger partial charge is 0.239 e. The van der Waals surface area contributed by atoms with E-state index in [-0.39, 0.29) is 24.0 Å². The Bertz CT molecular complexity index is 325. The first-order chi connectivity index (χ1) is 6.13. The van der Waals surface area contributed by atoms with E-state index in [1.807, 2.05) is 0 Å². The third kappa shape index (κ3) is 2.41. The van der Waals surface area contributed by atoms with Gasteiger partial charge in [-0.3, -0.25) is 4.79 Å². The van der Waals surface area contributed by atoms with Crippen LogP contribution in [0.2, 0.25) is 0 Å². The Morgan fingerprint density at radius 2 is 2.38 bits per heavy atom. The number of hydrogen-bond donors (Lipinski definition) is 3. The molecular formula is C8H11N3O2. The number of aryl methyl sites for hydroxylation is 1. The minimum absolute atomic E-state index is 0.0626. The van der Waals surface area contributed by atoms with E-state index in [1.54, 1.807) is 13.0 Å². The largest absolute Gasteiger partial charge is 0.504 e. The number of anilines is 1. The van der Waals surface area contributed by atoms with E-state index >= 15 is 0 Å². The molecule has 1 amide bonds. The summed E-state index contributed by atoms with van der Waals surface area (Å²) in [5.74, 6) is -0.295. The normalized spacial score (nSPS) is 9.69. The fourth-order valence-corrected chi connectivity index (χ4v) is 0.824. The molecule has 0 saturated carbocycles. The van der Waals surface area contributed by atoms with E-state index in [0.29, 0.717) is 5.69 Å². The van der Waals surface area contributed by atoms with Crippen LogP contribution in [0.1, 0.15) is 5.69 Å². The van der Waals surface area contributed by atoms with Crippen LogP contribution in [0.3, 0.4) is 0 Å². The zero-order chi connectivity index (χ0) is 9.84. The monoisotopic (exact) mass is 181 g/mol. The van der Waals surface area contributed by atoms with Gasteiger partial charge in [0.1, 0.15) is 0 Å². The van der Waals surface area contributed by atoms with E-state index in [1.165, 1.54) is 6.07 Å². The van der Waals surface area contributed by atoms with Gasteiger partial charge in [-0.25, -0.2) is 4.98 Å². The molecule has 0 unspecified atom stereocenters. The van der Waals surface area contributed by atoms with Crippen molar-refractivity contribution in [1.29, 1.82) is 0 Å². The molecule has 0 saturated heterocycles. The Kier molecular flexibility index (Phi) is 2.81. The molecule has 1 rings (SSSR count). The lowest BCUT2D eigenvalue weighted by atomic mass is 10.3. The number of aromatic nitrogens is 1. The molecule has 5 nitrogen and oxygen atoms in total. The lowest BCUT2D eigenvalue weighted by Crippen LogP contribution is -2.22. The summed E-state index contributed by atoms with van der Waals surface area (Å²) >= 11 is 0. The molecule has 0 aliphatic rings. The highest BCUT2D eigenvalue weighted by atomic mass is 16.3. The first-order valence-electron chi connectivity index (χ1n) is 3.80. The van der Waals surface area contributed by atoms with Gasteiger partial charge in [-0.15, -0.1) is 0 Å². The third-order valence-electron chi connectivity index (χ3n) is 1.46. The summed E-state index contributed by atoms with van der Waals surface area (Å²) in [5, 5.41) is 11.6. The maximum Gasteiger partial charge on any atom is 0.239 e. The van der Waals surface area contributed by atoms with Crippen molar-refractivity contribution in [1.82, 2.24) is 4.98 Å². The topological polar surface area (TPSA) is 88.2 Å². The maximum absolute atomic E-state index is 10.9. The molecule has 0 aliphatic heterocycles. The number of nitrogens with two attached hydrogens (primary N) is 1. The summed E-state index contributed by atoms with van der Waals surface area (Å²) in [6, 6.07) is 3.11. The highest BCUT2D eigenvalue weighted by Crippen LogP contribution is 2.19. The number of aromatic hydroxyl groups is 1. The van der Waals surface area contributed by atoms with Crippen molar-refractivity contribution in [2.24, 2.45) is 5.73 Å². The Balaban J connectivity index is 2.87. The van der Waals surface area contributed by atoms with Crippen LogP contribution in [0, 0.1) is 6.92 Å². The molecular weight excluding hydrogens is 170 g/mol. The number of amides is 1. The van der Waals surface area contributed by atoms with E-state index in [0.717, 1.165) is 0 Å². The molecule has 0 fully saturated rings. The second-order valence-corrected chi connectivity index (χ2v) is 2.57. The number of nitrogens with zero attached hydrogens (tertiary/aromatic N) is 1. The van der Waals surface area contributed by atoms with E-state index < -0.39 is 0 Å². The molecule has 1 aromatic heterocycles. The van der Waals surface area contributed by atoms with Crippen molar-refractivity contribution in [3.05, 3.63) is 17.8 Å². The summed E-state index contributed by atoms with van der Waals surface area (Å²) < 4.78 is 0. The van der Waals surface area contributed by atoms with Crippen molar-refractivity contribution < 1.29 is 9.90 Å². The second-order valence-electron chi connectivity index (χ2n) is 2.57. The van der Waals surface area contributed by atoms with Crippen molar-refractivity contribution >= 4 is 11.7 Å². The predicted octanol–water partition coefficient (Wildman–Crippen LogP) is -0.00718. The fourth-order valence-electron chi connectivity index (χ4n) is 0.824. The lowest BCUT2D eigenvalue weighted by Gasteiger charge is -2.05. The quantitative estimate of drug-likeness (QED) is 0.598. The molecule has 70 valence electrons. The van der Waals surface area contributed by atoms with E-state index in [4.69, 9.17) is 5.73 Å². The Morgan fingerprint density at radius 3 is 3.00 bits per heavy atom. The Hall–Kier alpha value is -1.62. The summed E-state index contributed by atoms with van der Waals surface area (Å²) in [7, 11) is 0. The second kappa shape index (κ2) is 3.86. The number of pyridine rings is 1. The minimum atomic E-state index is -0.381. The van der Waals surface area contributed by atoms with Crippen LogP contribution in [-0.2, 0) is 4.79 Å². The van der Waals surface area contributed by atoms with Gasteiger partial charge in [-0.2, -0.15) is 0 Å². The average Bonchev–Trinajstić information content (AvgIpc) is 2.11. The lowest BCUT2D eigenvalue weighted by molar-refractivity contribution is -0.114. The number of carbonyl (C=O) groups is 1. The Morgan fingerprint density at radius 1 is 1.69 bits per heavy atom. The number of rotatable bonds is 2. The van der Waals surface area contributed by atoms with Gasteiger partial charge < -0.3 is 16.2 Å². The molecule has 0 aromatic carbocycles. The van der Waals surface area contributed by atoms with Crippen molar-refractivity contribution in [2.75, 3.05) is 11.9 Å². The van der Waals surface area contributed by atoms with Gasteiger partial charge in [0.05, 0.1) is 6.54 Å². The zero-order valence-electron chi connectivity index (χ0n) is 7.24. The van der Waals surface area contributed by atoms with Crippen LogP contribution in [-0.4, -0.2) is 22.5 Å². The summed E-state index contributed by atoms with van der Waals surface area (Å²) in [5.41, 5.74) is 5.80. The summed E-state index contributed by atoms with van der Waals surface area (Å²) in [6.45, 7) is 1.63. The zero-order valence-corrected chi connectivity index (χ0v) is 7.24. The van der Waals surface area contributed by atoms with Crippen molar-refractivity contribution in [3.8, 4) is 5.75 Å². The van der Waals surface area contributed by atoms with Crippen LogP contribution in [0.5, 0.6) is 5.75 Å².